The van der Waals surface area contributed by atoms with Gasteiger partial charge in [-0.1, -0.05) is 36.9 Å². The highest BCUT2D eigenvalue weighted by molar-refractivity contribution is 5.99. The molecule has 2 rings (SSSR count). The molecule has 2 N–H and O–H groups in total. The Morgan fingerprint density at radius 3 is 2.68 bits per heavy atom. The lowest BCUT2D eigenvalue weighted by atomic mass is 9.87. The Balaban J connectivity index is 2.41. The number of hydrogen-bond donors (Lipinski definition) is 1. The Hall–Kier alpha value is -2.23. The molecule has 22 heavy (non-hydrogen) atoms. The van der Waals surface area contributed by atoms with E-state index in [1.165, 1.54) is 6.08 Å². The van der Waals surface area contributed by atoms with Gasteiger partial charge in [-0.3, -0.25) is 4.79 Å². The lowest BCUT2D eigenvalue weighted by Crippen LogP contribution is -2.18. The number of carbonyl (C=O) groups excluding carboxylic acids is 1. The summed E-state index contributed by atoms with van der Waals surface area (Å²) in [6, 6.07) is 5.63. The molecule has 4 heteroatoms. The average Bonchev–Trinajstić information content (AvgIpc) is 2.46. The highest BCUT2D eigenvalue weighted by Crippen LogP contribution is 2.37. The number of rotatable bonds is 4. The van der Waals surface area contributed by atoms with Gasteiger partial charge in [-0.05, 0) is 41.7 Å². The minimum absolute atomic E-state index is 0.127. The monoisotopic (exact) mass is 303 g/mol. The number of nitrogens with two attached hydrogens (primary N) is 1. The first-order valence-electron chi connectivity index (χ1n) is 7.15. The maximum absolute atomic E-state index is 13.3. The molecule has 2 nitrogen and oxygen atoms in total. The fourth-order valence-corrected chi connectivity index (χ4v) is 2.59. The Labute approximate surface area is 129 Å². The van der Waals surface area contributed by atoms with Crippen LogP contribution in [-0.2, 0) is 4.79 Å². The Bertz CT molecular complexity index is 672. The third-order valence-electron chi connectivity index (χ3n) is 3.94. The number of halogens is 2. The summed E-state index contributed by atoms with van der Waals surface area (Å²) in [5.41, 5.74) is 9.26. The molecule has 0 spiro atoms. The molecule has 1 aliphatic rings. The van der Waals surface area contributed by atoms with Gasteiger partial charge in [0.25, 0.3) is 5.92 Å². The number of alkyl halides is 2. The average molecular weight is 303 g/mol. The van der Waals surface area contributed by atoms with Crippen molar-refractivity contribution in [2.24, 2.45) is 5.73 Å². The molecule has 0 unspecified atom stereocenters. The van der Waals surface area contributed by atoms with Crippen molar-refractivity contribution in [2.75, 3.05) is 0 Å². The predicted molar refractivity (Wildman–Crippen MR) is 85.3 cm³/mol. The van der Waals surface area contributed by atoms with Crippen molar-refractivity contribution in [1.29, 1.82) is 0 Å². The number of primary amides is 1. The van der Waals surface area contributed by atoms with Crippen LogP contribution < -0.4 is 5.73 Å². The second-order valence-corrected chi connectivity index (χ2v) is 5.48. The molecular formula is C18H19F2NO. The molecule has 1 aliphatic carbocycles. The molecule has 0 aromatic heterocycles. The Kier molecular flexibility index (Phi) is 4.59. The maximum Gasteiger partial charge on any atom is 0.251 e. The van der Waals surface area contributed by atoms with Crippen LogP contribution >= 0.6 is 0 Å². The zero-order chi connectivity index (χ0) is 16.3. The molecule has 1 amide bonds. The van der Waals surface area contributed by atoms with Gasteiger partial charge in [0.15, 0.2) is 0 Å². The molecule has 0 radical (unpaired) electrons. The van der Waals surface area contributed by atoms with Gasteiger partial charge in [-0.15, -0.1) is 0 Å². The third-order valence-corrected chi connectivity index (χ3v) is 3.94. The first-order valence-corrected chi connectivity index (χ1v) is 7.15. The van der Waals surface area contributed by atoms with Crippen LogP contribution in [0.15, 0.2) is 42.5 Å². The van der Waals surface area contributed by atoms with Crippen LogP contribution in [0.3, 0.4) is 0 Å². The van der Waals surface area contributed by atoms with Crippen molar-refractivity contribution >= 4 is 17.6 Å². The van der Waals surface area contributed by atoms with E-state index in [9.17, 15) is 13.6 Å². The summed E-state index contributed by atoms with van der Waals surface area (Å²) in [6.45, 7) is 5.49. The standard InChI is InChI=1S/C18H19F2NO/c1-3-13(17(21)22)11-15-5-4-6-16(12(15)2)14-7-9-18(19,20)10-8-14/h3-7,11H,1,8-10H2,2H3,(H2,21,22)/b13-11+. The number of allylic oxidation sites excluding steroid dienone is 2. The molecule has 0 bridgehead atoms. The van der Waals surface area contributed by atoms with Crippen LogP contribution in [0.1, 0.15) is 36.0 Å². The Morgan fingerprint density at radius 1 is 1.41 bits per heavy atom. The molecule has 0 saturated carbocycles. The van der Waals surface area contributed by atoms with Crippen LogP contribution in [0, 0.1) is 6.92 Å². The largest absolute Gasteiger partial charge is 0.366 e. The SMILES string of the molecule is C=C/C(=C\c1cccc(C2=CCC(F)(F)CC2)c1C)C(N)=O. The number of carbonyl (C=O) groups is 1. The highest BCUT2D eigenvalue weighted by Gasteiger charge is 2.31. The smallest absolute Gasteiger partial charge is 0.251 e. The van der Waals surface area contributed by atoms with Gasteiger partial charge < -0.3 is 5.73 Å². The van der Waals surface area contributed by atoms with Gasteiger partial charge in [0.05, 0.1) is 0 Å². The van der Waals surface area contributed by atoms with E-state index >= 15 is 0 Å². The lowest BCUT2D eigenvalue weighted by molar-refractivity contribution is -0.114. The molecule has 1 aromatic rings. The first kappa shape index (κ1) is 16.1. The van der Waals surface area contributed by atoms with Crippen molar-refractivity contribution in [3.8, 4) is 0 Å². The molecule has 0 fully saturated rings. The van der Waals surface area contributed by atoms with Crippen molar-refractivity contribution in [3.63, 3.8) is 0 Å². The zero-order valence-corrected chi connectivity index (χ0v) is 12.5. The van der Waals surface area contributed by atoms with Crippen LogP contribution in [0.4, 0.5) is 8.78 Å². The van der Waals surface area contributed by atoms with E-state index in [2.05, 4.69) is 6.58 Å². The van der Waals surface area contributed by atoms with Crippen LogP contribution in [0.5, 0.6) is 0 Å². The Morgan fingerprint density at radius 2 is 2.14 bits per heavy atom. The van der Waals surface area contributed by atoms with Crippen molar-refractivity contribution < 1.29 is 13.6 Å². The normalized spacial score (nSPS) is 17.8. The van der Waals surface area contributed by atoms with E-state index in [0.29, 0.717) is 12.0 Å². The maximum atomic E-state index is 13.3. The summed E-state index contributed by atoms with van der Waals surface area (Å²) < 4.78 is 26.5. The third kappa shape index (κ3) is 3.50. The summed E-state index contributed by atoms with van der Waals surface area (Å²) >= 11 is 0. The first-order chi connectivity index (χ1) is 10.3. The second-order valence-electron chi connectivity index (χ2n) is 5.48. The van der Waals surface area contributed by atoms with Crippen LogP contribution in [0.2, 0.25) is 0 Å². The number of benzene rings is 1. The second kappa shape index (κ2) is 6.26. The van der Waals surface area contributed by atoms with E-state index in [1.54, 1.807) is 12.2 Å². The molecular weight excluding hydrogens is 284 g/mol. The van der Waals surface area contributed by atoms with Gasteiger partial charge >= 0.3 is 0 Å². The minimum Gasteiger partial charge on any atom is -0.366 e. The van der Waals surface area contributed by atoms with E-state index in [4.69, 9.17) is 5.73 Å². The van der Waals surface area contributed by atoms with Gasteiger partial charge in [0.1, 0.15) is 0 Å². The van der Waals surface area contributed by atoms with Gasteiger partial charge in [-0.2, -0.15) is 0 Å². The fraction of sp³-hybridized carbons (Fsp3) is 0.278. The van der Waals surface area contributed by atoms with Crippen LogP contribution in [0.25, 0.3) is 11.6 Å². The summed E-state index contributed by atoms with van der Waals surface area (Å²) in [5.74, 6) is -3.15. The molecule has 0 atom stereocenters. The lowest BCUT2D eigenvalue weighted by Gasteiger charge is -2.23. The topological polar surface area (TPSA) is 43.1 Å². The molecule has 116 valence electrons. The van der Waals surface area contributed by atoms with Gasteiger partial charge in [0, 0.05) is 18.4 Å². The van der Waals surface area contributed by atoms with E-state index in [1.807, 2.05) is 25.1 Å². The fourth-order valence-electron chi connectivity index (χ4n) is 2.59. The quantitative estimate of drug-likeness (QED) is 0.655. The highest BCUT2D eigenvalue weighted by atomic mass is 19.3. The van der Waals surface area contributed by atoms with Crippen molar-refractivity contribution in [1.82, 2.24) is 0 Å². The van der Waals surface area contributed by atoms with Crippen molar-refractivity contribution in [2.45, 2.75) is 32.1 Å². The molecule has 1 aromatic carbocycles. The van der Waals surface area contributed by atoms with E-state index in [-0.39, 0.29) is 12.8 Å². The number of hydrogen-bond acceptors (Lipinski definition) is 1. The van der Waals surface area contributed by atoms with E-state index in [0.717, 1.165) is 22.3 Å². The summed E-state index contributed by atoms with van der Waals surface area (Å²) in [5, 5.41) is 0. The summed E-state index contributed by atoms with van der Waals surface area (Å²) in [6.07, 6.45) is 4.70. The molecule has 0 heterocycles. The van der Waals surface area contributed by atoms with Crippen LogP contribution in [-0.4, -0.2) is 11.8 Å². The summed E-state index contributed by atoms with van der Waals surface area (Å²) in [7, 11) is 0. The predicted octanol–water partition coefficient (Wildman–Crippen LogP) is 4.25. The van der Waals surface area contributed by atoms with Gasteiger partial charge in [-0.25, -0.2) is 8.78 Å². The van der Waals surface area contributed by atoms with Gasteiger partial charge in [0.2, 0.25) is 5.91 Å². The van der Waals surface area contributed by atoms with Crippen molar-refractivity contribution in [3.05, 3.63) is 59.2 Å². The van der Waals surface area contributed by atoms with E-state index < -0.39 is 11.8 Å². The molecule has 0 aliphatic heterocycles. The minimum atomic E-state index is -2.60. The molecule has 0 saturated heterocycles. The zero-order valence-electron chi connectivity index (χ0n) is 12.5. The summed E-state index contributed by atoms with van der Waals surface area (Å²) in [4.78, 5) is 11.3. The number of amides is 1.